The molecule has 0 radical (unpaired) electrons. The Hall–Kier alpha value is -0.610. The second kappa shape index (κ2) is 6.79. The number of ether oxygens (including phenoxy) is 1. The highest BCUT2D eigenvalue weighted by molar-refractivity contribution is 5.72. The Kier molecular flexibility index (Phi) is 6.49. The number of carbonyl (C=O) groups is 1. The minimum atomic E-state index is -0.155. The summed E-state index contributed by atoms with van der Waals surface area (Å²) in [6.07, 6.45) is 0.953. The fraction of sp³-hybridized carbons (Fsp3) is 0.900. The average Bonchev–Trinajstić information content (AvgIpc) is 2.22. The van der Waals surface area contributed by atoms with Crippen molar-refractivity contribution < 1.29 is 9.53 Å². The van der Waals surface area contributed by atoms with Gasteiger partial charge in [0, 0.05) is 6.04 Å². The van der Waals surface area contributed by atoms with Crippen LogP contribution in [-0.2, 0) is 9.53 Å². The first kappa shape index (κ1) is 13.4. The summed E-state index contributed by atoms with van der Waals surface area (Å²) in [5.41, 5.74) is 5.42. The third-order valence-corrected chi connectivity index (χ3v) is 2.71. The highest BCUT2D eigenvalue weighted by atomic mass is 16.5. The van der Waals surface area contributed by atoms with Gasteiger partial charge in [-0.3, -0.25) is 4.79 Å². The lowest BCUT2D eigenvalue weighted by Gasteiger charge is -2.28. The van der Waals surface area contributed by atoms with Crippen molar-refractivity contribution in [1.29, 1.82) is 0 Å². The molecule has 0 heterocycles. The zero-order valence-electron chi connectivity index (χ0n) is 9.62. The molecular formula is C10H22N2O2. The van der Waals surface area contributed by atoms with Crippen molar-refractivity contribution in [2.75, 3.05) is 27.2 Å². The Morgan fingerprint density at radius 1 is 1.50 bits per heavy atom. The normalized spacial score (nSPS) is 15.3. The van der Waals surface area contributed by atoms with E-state index in [2.05, 4.69) is 4.90 Å². The van der Waals surface area contributed by atoms with Crippen LogP contribution in [0.1, 0.15) is 20.3 Å². The molecule has 14 heavy (non-hydrogen) atoms. The van der Waals surface area contributed by atoms with Gasteiger partial charge in [0.05, 0.1) is 13.0 Å². The highest BCUT2D eigenvalue weighted by Gasteiger charge is 2.23. The standard InChI is InChI=1S/C10H22N2O2/c1-8(10(13)14-4)9(2)12(3)7-5-6-11/h8-9H,5-7,11H2,1-4H3. The lowest BCUT2D eigenvalue weighted by Crippen LogP contribution is -2.39. The Bertz CT molecular complexity index is 174. The molecule has 0 fully saturated rings. The molecule has 2 atom stereocenters. The topological polar surface area (TPSA) is 55.6 Å². The van der Waals surface area contributed by atoms with Crippen molar-refractivity contribution in [2.24, 2.45) is 11.7 Å². The number of nitrogens with two attached hydrogens (primary N) is 1. The van der Waals surface area contributed by atoms with Crippen LogP contribution in [0.15, 0.2) is 0 Å². The van der Waals surface area contributed by atoms with Crippen LogP contribution in [0.5, 0.6) is 0 Å². The highest BCUT2D eigenvalue weighted by Crippen LogP contribution is 2.10. The second-order valence-electron chi connectivity index (χ2n) is 3.68. The van der Waals surface area contributed by atoms with Gasteiger partial charge < -0.3 is 15.4 Å². The SMILES string of the molecule is COC(=O)C(C)C(C)N(C)CCCN. The molecule has 84 valence electrons. The van der Waals surface area contributed by atoms with E-state index in [1.807, 2.05) is 20.9 Å². The monoisotopic (exact) mass is 202 g/mol. The Labute approximate surface area is 86.4 Å². The largest absolute Gasteiger partial charge is 0.469 e. The van der Waals surface area contributed by atoms with Crippen LogP contribution in [0.4, 0.5) is 0 Å². The predicted molar refractivity (Wildman–Crippen MR) is 56.9 cm³/mol. The molecule has 0 saturated carbocycles. The first-order valence-corrected chi connectivity index (χ1v) is 5.02. The molecule has 0 amide bonds. The summed E-state index contributed by atoms with van der Waals surface area (Å²) in [5.74, 6) is -0.250. The molecule has 0 aromatic heterocycles. The van der Waals surface area contributed by atoms with E-state index < -0.39 is 0 Å². The number of carbonyl (C=O) groups excluding carboxylic acids is 1. The molecule has 0 rings (SSSR count). The number of nitrogens with zero attached hydrogens (tertiary/aromatic N) is 1. The molecule has 4 nitrogen and oxygen atoms in total. The van der Waals surface area contributed by atoms with E-state index in [0.29, 0.717) is 6.54 Å². The van der Waals surface area contributed by atoms with Gasteiger partial charge in [0.1, 0.15) is 0 Å². The molecule has 0 aliphatic rings. The fourth-order valence-electron chi connectivity index (χ4n) is 1.31. The molecule has 0 aliphatic carbocycles. The molecule has 2 unspecified atom stereocenters. The van der Waals surface area contributed by atoms with Crippen LogP contribution in [-0.4, -0.2) is 44.2 Å². The summed E-state index contributed by atoms with van der Waals surface area (Å²) in [7, 11) is 3.42. The number of hydrogen-bond acceptors (Lipinski definition) is 4. The van der Waals surface area contributed by atoms with Crippen molar-refractivity contribution in [2.45, 2.75) is 26.3 Å². The average molecular weight is 202 g/mol. The summed E-state index contributed by atoms with van der Waals surface area (Å²) >= 11 is 0. The van der Waals surface area contributed by atoms with Crippen LogP contribution < -0.4 is 5.73 Å². The van der Waals surface area contributed by atoms with Crippen LogP contribution in [0.3, 0.4) is 0 Å². The molecule has 0 aromatic rings. The number of methoxy groups -OCH3 is 1. The molecule has 0 bridgehead atoms. The number of hydrogen-bond donors (Lipinski definition) is 1. The summed E-state index contributed by atoms with van der Waals surface area (Å²) in [6, 6.07) is 0.189. The Balaban J connectivity index is 4.02. The first-order valence-electron chi connectivity index (χ1n) is 5.02. The van der Waals surface area contributed by atoms with E-state index in [0.717, 1.165) is 13.0 Å². The maximum Gasteiger partial charge on any atom is 0.309 e. The second-order valence-corrected chi connectivity index (χ2v) is 3.68. The van der Waals surface area contributed by atoms with Crippen LogP contribution in [0, 0.1) is 5.92 Å². The van der Waals surface area contributed by atoms with E-state index in [4.69, 9.17) is 10.5 Å². The fourth-order valence-corrected chi connectivity index (χ4v) is 1.31. The van der Waals surface area contributed by atoms with E-state index in [9.17, 15) is 4.79 Å². The molecule has 4 heteroatoms. The van der Waals surface area contributed by atoms with E-state index in [1.165, 1.54) is 7.11 Å². The zero-order valence-corrected chi connectivity index (χ0v) is 9.62. The van der Waals surface area contributed by atoms with Crippen LogP contribution >= 0.6 is 0 Å². The van der Waals surface area contributed by atoms with Crippen molar-refractivity contribution in [3.63, 3.8) is 0 Å². The van der Waals surface area contributed by atoms with Gasteiger partial charge in [-0.25, -0.2) is 0 Å². The first-order chi connectivity index (χ1) is 6.54. The summed E-state index contributed by atoms with van der Waals surface area (Å²) < 4.78 is 4.70. The van der Waals surface area contributed by atoms with Crippen molar-refractivity contribution in [1.82, 2.24) is 4.90 Å². The summed E-state index contributed by atoms with van der Waals surface area (Å²) in [5, 5.41) is 0. The molecule has 2 N–H and O–H groups in total. The maximum atomic E-state index is 11.3. The molecule has 0 saturated heterocycles. The third kappa shape index (κ3) is 4.07. The van der Waals surface area contributed by atoms with Gasteiger partial charge in [0.2, 0.25) is 0 Å². The van der Waals surface area contributed by atoms with Crippen molar-refractivity contribution >= 4 is 5.97 Å². The lowest BCUT2D eigenvalue weighted by molar-refractivity contribution is -0.146. The van der Waals surface area contributed by atoms with Crippen molar-refractivity contribution in [3.05, 3.63) is 0 Å². The van der Waals surface area contributed by atoms with E-state index >= 15 is 0 Å². The number of rotatable bonds is 6. The van der Waals surface area contributed by atoms with Gasteiger partial charge in [-0.1, -0.05) is 6.92 Å². The Morgan fingerprint density at radius 2 is 2.07 bits per heavy atom. The minimum Gasteiger partial charge on any atom is -0.469 e. The number of esters is 1. The predicted octanol–water partition coefficient (Wildman–Crippen LogP) is 0.465. The smallest absolute Gasteiger partial charge is 0.309 e. The third-order valence-electron chi connectivity index (χ3n) is 2.71. The molecular weight excluding hydrogens is 180 g/mol. The van der Waals surface area contributed by atoms with Gasteiger partial charge in [-0.05, 0) is 33.5 Å². The van der Waals surface area contributed by atoms with Gasteiger partial charge >= 0.3 is 5.97 Å². The van der Waals surface area contributed by atoms with Crippen molar-refractivity contribution in [3.8, 4) is 0 Å². The van der Waals surface area contributed by atoms with Gasteiger partial charge in [-0.15, -0.1) is 0 Å². The summed E-state index contributed by atoms with van der Waals surface area (Å²) in [6.45, 7) is 5.51. The lowest BCUT2D eigenvalue weighted by atomic mass is 10.0. The molecule has 0 aromatic carbocycles. The van der Waals surface area contributed by atoms with Gasteiger partial charge in [0.25, 0.3) is 0 Å². The zero-order chi connectivity index (χ0) is 11.1. The maximum absolute atomic E-state index is 11.3. The van der Waals surface area contributed by atoms with Crippen LogP contribution in [0.2, 0.25) is 0 Å². The molecule has 0 aliphatic heterocycles. The van der Waals surface area contributed by atoms with Gasteiger partial charge in [-0.2, -0.15) is 0 Å². The van der Waals surface area contributed by atoms with Gasteiger partial charge in [0.15, 0.2) is 0 Å². The Morgan fingerprint density at radius 3 is 2.50 bits per heavy atom. The minimum absolute atomic E-state index is 0.0947. The summed E-state index contributed by atoms with van der Waals surface area (Å²) in [4.78, 5) is 13.4. The van der Waals surface area contributed by atoms with E-state index in [1.54, 1.807) is 0 Å². The van der Waals surface area contributed by atoms with Crippen LogP contribution in [0.25, 0.3) is 0 Å². The quantitative estimate of drug-likeness (QED) is 0.636. The molecule has 0 spiro atoms. The van der Waals surface area contributed by atoms with E-state index in [-0.39, 0.29) is 17.9 Å².